The molecule has 6 atom stereocenters. The maximum atomic E-state index is 13.9. The first-order valence-electron chi connectivity index (χ1n) is 15.4. The van der Waals surface area contributed by atoms with Crippen molar-refractivity contribution < 1.29 is 41.6 Å². The minimum Gasteiger partial charge on any atom is -0.744 e. The Morgan fingerprint density at radius 1 is 0.848 bits per heavy atom. The Kier molecular flexibility index (Phi) is 8.49. The van der Waals surface area contributed by atoms with Crippen molar-refractivity contribution in [2.45, 2.75) is 61.5 Å². The fraction of sp³-hybridized carbons (Fsp3) is 0.531. The lowest BCUT2D eigenvalue weighted by molar-refractivity contribution is -0.149. The molecule has 0 spiro atoms. The summed E-state index contributed by atoms with van der Waals surface area (Å²) in [4.78, 5) is 40.3. The van der Waals surface area contributed by atoms with Crippen molar-refractivity contribution >= 4 is 118 Å². The average Bonchev–Trinajstić information content (AvgIpc) is 3.59. The van der Waals surface area contributed by atoms with Crippen LogP contribution in [0.3, 0.4) is 0 Å². The molecule has 7 aliphatic rings. The Hall–Kier alpha value is -0.320. The van der Waals surface area contributed by atoms with Gasteiger partial charge < -0.3 is 18.8 Å². The molecular weight excluding hydrogens is 1070 g/mol. The molecule has 0 N–H and O–H groups in total. The fourth-order valence-electron chi connectivity index (χ4n) is 10.1. The molecule has 6 unspecified atom stereocenters. The molecule has 0 amide bonds. The molecule has 46 heavy (non-hydrogen) atoms. The van der Waals surface area contributed by atoms with Gasteiger partial charge in [0.05, 0.1) is 22.3 Å². The summed E-state index contributed by atoms with van der Waals surface area (Å²) in [5, 5.41) is 0. The Labute approximate surface area is 320 Å². The van der Waals surface area contributed by atoms with Crippen molar-refractivity contribution in [3.63, 3.8) is 0 Å². The van der Waals surface area contributed by atoms with E-state index in [4.69, 9.17) is 14.2 Å². The standard InChI is InChI=1S/C32H28I4O9S/c33-19-10-20(34)27(36)25(26(19)35)32(39)45-29-17-9-18-24(31(38)44-28(18)29)23(17)30(37)43-15-1-2-21(46(40,41)42)16(8-15)22-13-4-11-3-12(6-13)7-14(22)5-11/h1-2,8,10-14,17-18,22-24,28-29H,3-7,9H2,(H,40,41,42)/p-1. The van der Waals surface area contributed by atoms with Crippen LogP contribution in [-0.2, 0) is 29.2 Å². The second-order valence-electron chi connectivity index (χ2n) is 13.8. The summed E-state index contributed by atoms with van der Waals surface area (Å²) >= 11 is 8.62. The van der Waals surface area contributed by atoms with Gasteiger partial charge in [0.15, 0.2) is 0 Å². The van der Waals surface area contributed by atoms with Crippen LogP contribution >= 0.6 is 90.4 Å². The topological polar surface area (TPSA) is 136 Å². The number of hydrogen-bond acceptors (Lipinski definition) is 9. The van der Waals surface area contributed by atoms with Crippen molar-refractivity contribution in [1.29, 1.82) is 0 Å². The van der Waals surface area contributed by atoms with Crippen LogP contribution < -0.4 is 4.74 Å². The molecule has 1 heterocycles. The Morgan fingerprint density at radius 2 is 1.48 bits per heavy atom. The number of benzene rings is 2. The second kappa shape index (κ2) is 11.9. The minimum absolute atomic E-state index is 0.0725. The van der Waals surface area contributed by atoms with Crippen LogP contribution in [-0.4, -0.2) is 43.1 Å². The van der Waals surface area contributed by atoms with E-state index in [1.807, 2.05) is 6.07 Å². The lowest BCUT2D eigenvalue weighted by Crippen LogP contribution is -2.44. The molecule has 0 aromatic heterocycles. The zero-order chi connectivity index (χ0) is 32.4. The quantitative estimate of drug-likeness (QED) is 0.105. The molecular formula is C32H27I4O9S-. The molecule has 2 aromatic rings. The molecule has 6 bridgehead atoms. The highest BCUT2D eigenvalue weighted by Gasteiger charge is 2.70. The van der Waals surface area contributed by atoms with Gasteiger partial charge in [-0.2, -0.15) is 0 Å². The smallest absolute Gasteiger partial charge is 0.340 e. The summed E-state index contributed by atoms with van der Waals surface area (Å²) in [6.45, 7) is 0. The highest BCUT2D eigenvalue weighted by molar-refractivity contribution is 14.1. The predicted molar refractivity (Wildman–Crippen MR) is 195 cm³/mol. The van der Waals surface area contributed by atoms with Gasteiger partial charge in [-0.3, -0.25) is 9.59 Å². The van der Waals surface area contributed by atoms with E-state index in [0.29, 0.717) is 41.2 Å². The Balaban J connectivity index is 1.07. The van der Waals surface area contributed by atoms with Gasteiger partial charge in [-0.1, -0.05) is 0 Å². The highest BCUT2D eigenvalue weighted by atomic mass is 127. The van der Waals surface area contributed by atoms with E-state index in [0.717, 1.165) is 40.0 Å². The first-order valence-corrected chi connectivity index (χ1v) is 21.1. The first kappa shape index (κ1) is 32.9. The van der Waals surface area contributed by atoms with E-state index in [2.05, 4.69) is 90.4 Å². The summed E-state index contributed by atoms with van der Waals surface area (Å²) in [6.07, 6.45) is 4.41. The van der Waals surface area contributed by atoms with Crippen LogP contribution in [0.1, 0.15) is 60.4 Å². The van der Waals surface area contributed by atoms with Crippen molar-refractivity contribution in [2.24, 2.45) is 47.3 Å². The SMILES string of the molecule is O=C(OC1C2CC3C1OC(=O)C3C2C(=O)Oc1ccc(S(=O)(=O)[O-])c(C2C3CC4CC(C3)CC2C4)c1)c1c(I)c(I)cc(I)c1I. The van der Waals surface area contributed by atoms with E-state index in [-0.39, 0.29) is 22.5 Å². The number of esters is 3. The summed E-state index contributed by atoms with van der Waals surface area (Å²) in [7, 11) is -4.75. The molecule has 244 valence electrons. The van der Waals surface area contributed by atoms with E-state index in [1.54, 1.807) is 6.07 Å². The molecule has 14 heteroatoms. The zero-order valence-corrected chi connectivity index (χ0v) is 33.4. The van der Waals surface area contributed by atoms with Crippen LogP contribution in [0.15, 0.2) is 29.2 Å². The van der Waals surface area contributed by atoms with Gasteiger partial charge in [0, 0.05) is 26.1 Å². The van der Waals surface area contributed by atoms with Gasteiger partial charge in [0.2, 0.25) is 0 Å². The van der Waals surface area contributed by atoms with Crippen molar-refractivity contribution in [3.05, 3.63) is 49.7 Å². The maximum Gasteiger partial charge on any atom is 0.340 e. The number of carbonyl (C=O) groups is 3. The van der Waals surface area contributed by atoms with Crippen LogP contribution in [0.5, 0.6) is 5.75 Å². The third-order valence-electron chi connectivity index (χ3n) is 11.4. The summed E-state index contributed by atoms with van der Waals surface area (Å²) in [5.41, 5.74) is 0.900. The summed E-state index contributed by atoms with van der Waals surface area (Å²) in [6, 6.07) is 6.17. The van der Waals surface area contributed by atoms with Crippen molar-refractivity contribution in [1.82, 2.24) is 0 Å². The number of rotatable bonds is 6. The fourth-order valence-corrected chi connectivity index (χ4v) is 14.4. The molecule has 1 aliphatic heterocycles. The number of halogens is 4. The van der Waals surface area contributed by atoms with Crippen molar-refractivity contribution in [3.8, 4) is 5.75 Å². The third kappa shape index (κ3) is 5.29. The number of hydrogen-bond donors (Lipinski definition) is 0. The maximum absolute atomic E-state index is 13.9. The van der Waals surface area contributed by atoms with Crippen LogP contribution in [0, 0.1) is 61.6 Å². The van der Waals surface area contributed by atoms with Gasteiger partial charge in [-0.15, -0.1) is 0 Å². The molecule has 2 aromatic carbocycles. The van der Waals surface area contributed by atoms with Gasteiger partial charge in [-0.25, -0.2) is 13.2 Å². The molecule has 7 fully saturated rings. The molecule has 6 aliphatic carbocycles. The predicted octanol–water partition coefficient (Wildman–Crippen LogP) is 6.49. The number of fused-ring (bicyclic) bond motifs is 1. The number of carbonyl (C=O) groups excluding carboxylic acids is 3. The summed E-state index contributed by atoms with van der Waals surface area (Å²) in [5.74, 6) is -1.97. The molecule has 9 rings (SSSR count). The minimum atomic E-state index is -4.75. The normalized spacial score (nSPS) is 36.6. The highest BCUT2D eigenvalue weighted by Crippen LogP contribution is 2.61. The van der Waals surface area contributed by atoms with Gasteiger partial charge in [-0.05, 0) is 188 Å². The third-order valence-corrected chi connectivity index (χ3v) is 18.3. The van der Waals surface area contributed by atoms with Crippen molar-refractivity contribution in [2.75, 3.05) is 0 Å². The van der Waals surface area contributed by atoms with E-state index >= 15 is 0 Å². The second-order valence-corrected chi connectivity index (χ2v) is 19.6. The van der Waals surface area contributed by atoms with E-state index in [9.17, 15) is 27.4 Å². The monoisotopic (exact) mass is 1090 g/mol. The molecule has 9 nitrogen and oxygen atoms in total. The largest absolute Gasteiger partial charge is 0.744 e. The summed E-state index contributed by atoms with van der Waals surface area (Å²) < 4.78 is 58.2. The van der Waals surface area contributed by atoms with Crippen LogP contribution in [0.25, 0.3) is 0 Å². The Bertz CT molecular complexity index is 1760. The molecule has 1 saturated heterocycles. The molecule has 6 saturated carbocycles. The first-order chi connectivity index (χ1) is 21.8. The lowest BCUT2D eigenvalue weighted by atomic mass is 9.51. The van der Waals surface area contributed by atoms with Gasteiger partial charge in [0.25, 0.3) is 0 Å². The Morgan fingerprint density at radius 3 is 2.09 bits per heavy atom. The van der Waals surface area contributed by atoms with Crippen LogP contribution in [0.2, 0.25) is 0 Å². The van der Waals surface area contributed by atoms with Gasteiger partial charge >= 0.3 is 17.9 Å². The van der Waals surface area contributed by atoms with Crippen LogP contribution in [0.4, 0.5) is 0 Å². The molecule has 0 radical (unpaired) electrons. The zero-order valence-electron chi connectivity index (χ0n) is 24.0. The average molecular weight is 1100 g/mol. The number of ether oxygens (including phenoxy) is 3. The van der Waals surface area contributed by atoms with Gasteiger partial charge in [0.1, 0.15) is 28.1 Å². The van der Waals surface area contributed by atoms with E-state index < -0.39 is 58.0 Å². The lowest BCUT2D eigenvalue weighted by Gasteiger charge is -2.55. The van der Waals surface area contributed by atoms with E-state index in [1.165, 1.54) is 18.6 Å².